The normalized spacial score (nSPS) is 15.7. The van der Waals surface area contributed by atoms with Crippen molar-refractivity contribution in [2.24, 2.45) is 0 Å². The van der Waals surface area contributed by atoms with Crippen molar-refractivity contribution in [3.05, 3.63) is 71.8 Å². The highest BCUT2D eigenvalue weighted by atomic mass is 16.6. The van der Waals surface area contributed by atoms with Crippen LogP contribution in [0.1, 0.15) is 43.2 Å². The van der Waals surface area contributed by atoms with E-state index in [1.54, 1.807) is 0 Å². The fraction of sp³-hybridized carbons (Fsp3) is 0.400. The summed E-state index contributed by atoms with van der Waals surface area (Å²) >= 11 is 0. The van der Waals surface area contributed by atoms with E-state index in [-0.39, 0.29) is 6.61 Å². The average Bonchev–Trinajstić information content (AvgIpc) is 2.84. The smallest absolute Gasteiger partial charge is 0.408 e. The third-order valence-corrected chi connectivity index (χ3v) is 5.50. The lowest BCUT2D eigenvalue weighted by atomic mass is 9.83. The van der Waals surface area contributed by atoms with Gasteiger partial charge in [-0.3, -0.25) is 4.79 Å². The summed E-state index contributed by atoms with van der Waals surface area (Å²) in [5, 5.41) is 14.9. The predicted molar refractivity (Wildman–Crippen MR) is 119 cm³/mol. The van der Waals surface area contributed by atoms with E-state index in [1.165, 1.54) is 0 Å². The Balaban J connectivity index is 1.55. The van der Waals surface area contributed by atoms with Gasteiger partial charge in [0.05, 0.1) is 19.3 Å². The molecule has 2 amide bonds. The van der Waals surface area contributed by atoms with Crippen molar-refractivity contribution in [3.63, 3.8) is 0 Å². The molecule has 3 rings (SSSR count). The van der Waals surface area contributed by atoms with E-state index >= 15 is 0 Å². The molecule has 1 atom stereocenters. The van der Waals surface area contributed by atoms with E-state index in [2.05, 4.69) is 16.7 Å². The predicted octanol–water partition coefficient (Wildman–Crippen LogP) is 3.84. The number of nitrogens with zero attached hydrogens (tertiary/aromatic N) is 1. The molecule has 7 heteroatoms. The Morgan fingerprint density at radius 1 is 0.969 bits per heavy atom. The standard InChI is InChI=1S/C25H29N3O4/c26-16-22(19-31-18-21-12-6-2-7-13-21)28-23(29)25(14-8-3-9-15-25)32-24(30)27-17-20-10-4-1-5-11-20/h1-2,4-7,10-13,22H,3,8-9,14-15,17-19H2,(H,27,30)(H,28,29)/t22-/m1/s1. The van der Waals surface area contributed by atoms with Crippen LogP contribution in [0.25, 0.3) is 0 Å². The number of rotatable bonds is 9. The summed E-state index contributed by atoms with van der Waals surface area (Å²) in [6.07, 6.45) is 2.76. The van der Waals surface area contributed by atoms with Gasteiger partial charge in [-0.2, -0.15) is 5.26 Å². The second-order valence-corrected chi connectivity index (χ2v) is 7.94. The summed E-state index contributed by atoms with van der Waals surface area (Å²) in [4.78, 5) is 25.6. The molecule has 0 saturated heterocycles. The van der Waals surface area contributed by atoms with Crippen molar-refractivity contribution in [1.29, 1.82) is 5.26 Å². The zero-order valence-electron chi connectivity index (χ0n) is 18.1. The fourth-order valence-electron chi connectivity index (χ4n) is 3.75. The highest BCUT2D eigenvalue weighted by Crippen LogP contribution is 2.32. The Morgan fingerprint density at radius 2 is 1.59 bits per heavy atom. The average molecular weight is 436 g/mol. The largest absolute Gasteiger partial charge is 0.433 e. The van der Waals surface area contributed by atoms with Gasteiger partial charge in [0, 0.05) is 6.54 Å². The molecule has 0 spiro atoms. The maximum Gasteiger partial charge on any atom is 0.408 e. The summed E-state index contributed by atoms with van der Waals surface area (Å²) in [7, 11) is 0. The molecular weight excluding hydrogens is 406 g/mol. The maximum atomic E-state index is 13.1. The monoisotopic (exact) mass is 435 g/mol. The third-order valence-electron chi connectivity index (χ3n) is 5.50. The van der Waals surface area contributed by atoms with Gasteiger partial charge in [0.25, 0.3) is 5.91 Å². The molecule has 168 valence electrons. The highest BCUT2D eigenvalue weighted by Gasteiger charge is 2.44. The fourth-order valence-corrected chi connectivity index (χ4v) is 3.75. The Hall–Kier alpha value is -3.37. The number of carbonyl (C=O) groups excluding carboxylic acids is 2. The zero-order chi connectivity index (χ0) is 22.7. The SMILES string of the molecule is N#C[C@H](COCc1ccccc1)NC(=O)C1(OC(=O)NCc2ccccc2)CCCCC1. The van der Waals surface area contributed by atoms with Crippen molar-refractivity contribution in [2.75, 3.05) is 6.61 Å². The summed E-state index contributed by atoms with van der Waals surface area (Å²) < 4.78 is 11.3. The number of nitriles is 1. The van der Waals surface area contributed by atoms with Crippen molar-refractivity contribution in [3.8, 4) is 6.07 Å². The van der Waals surface area contributed by atoms with Crippen LogP contribution in [0.15, 0.2) is 60.7 Å². The molecule has 1 aliphatic carbocycles. The third kappa shape index (κ3) is 6.82. The van der Waals surface area contributed by atoms with Crippen LogP contribution in [0.2, 0.25) is 0 Å². The molecule has 0 heterocycles. The van der Waals surface area contributed by atoms with Crippen LogP contribution >= 0.6 is 0 Å². The van der Waals surface area contributed by atoms with Crippen molar-refractivity contribution in [2.45, 2.75) is 56.9 Å². The number of amides is 2. The molecule has 2 aromatic carbocycles. The number of benzene rings is 2. The number of hydrogen-bond acceptors (Lipinski definition) is 5. The highest BCUT2D eigenvalue weighted by molar-refractivity contribution is 5.88. The summed E-state index contributed by atoms with van der Waals surface area (Å²) in [6.45, 7) is 0.706. The number of carbonyl (C=O) groups is 2. The zero-order valence-corrected chi connectivity index (χ0v) is 18.1. The first kappa shape index (κ1) is 23.3. The van der Waals surface area contributed by atoms with E-state index in [9.17, 15) is 14.9 Å². The molecule has 0 unspecified atom stereocenters. The van der Waals surface area contributed by atoms with Crippen molar-refractivity contribution >= 4 is 12.0 Å². The first-order valence-corrected chi connectivity index (χ1v) is 10.9. The van der Waals surface area contributed by atoms with Gasteiger partial charge in [-0.1, -0.05) is 67.1 Å². The van der Waals surface area contributed by atoms with Crippen LogP contribution < -0.4 is 10.6 Å². The molecule has 0 aromatic heterocycles. The minimum absolute atomic E-state index is 0.0490. The molecular formula is C25H29N3O4. The van der Waals surface area contributed by atoms with Gasteiger partial charge in [0.1, 0.15) is 6.04 Å². The minimum Gasteiger partial charge on any atom is -0.433 e. The van der Waals surface area contributed by atoms with Gasteiger partial charge in [-0.15, -0.1) is 0 Å². The van der Waals surface area contributed by atoms with E-state index in [0.29, 0.717) is 26.0 Å². The molecule has 1 saturated carbocycles. The molecule has 32 heavy (non-hydrogen) atoms. The summed E-state index contributed by atoms with van der Waals surface area (Å²) in [6, 6.07) is 20.3. The molecule has 2 N–H and O–H groups in total. The van der Waals surface area contributed by atoms with E-state index in [1.807, 2.05) is 60.7 Å². The number of nitrogens with one attached hydrogen (secondary N) is 2. The molecule has 0 bridgehead atoms. The lowest BCUT2D eigenvalue weighted by Crippen LogP contribution is -2.55. The van der Waals surface area contributed by atoms with Crippen molar-refractivity contribution < 1.29 is 19.1 Å². The van der Waals surface area contributed by atoms with Crippen LogP contribution in [0, 0.1) is 11.3 Å². The first-order valence-electron chi connectivity index (χ1n) is 10.9. The molecule has 1 fully saturated rings. The molecule has 2 aromatic rings. The maximum absolute atomic E-state index is 13.1. The van der Waals surface area contributed by atoms with E-state index in [0.717, 1.165) is 30.4 Å². The van der Waals surface area contributed by atoms with Gasteiger partial charge in [-0.25, -0.2) is 4.79 Å². The topological polar surface area (TPSA) is 100 Å². The second kappa shape index (κ2) is 11.9. The molecule has 0 radical (unpaired) electrons. The quantitative estimate of drug-likeness (QED) is 0.623. The lowest BCUT2D eigenvalue weighted by molar-refractivity contribution is -0.144. The Kier molecular flexibility index (Phi) is 8.64. The van der Waals surface area contributed by atoms with E-state index < -0.39 is 23.6 Å². The van der Waals surface area contributed by atoms with Crippen LogP contribution in [-0.4, -0.2) is 30.3 Å². The number of ether oxygens (including phenoxy) is 2. The first-order chi connectivity index (χ1) is 15.6. The molecule has 0 aliphatic heterocycles. The Labute approximate surface area is 188 Å². The summed E-state index contributed by atoms with van der Waals surface area (Å²) in [5.41, 5.74) is 0.650. The Morgan fingerprint density at radius 3 is 2.22 bits per heavy atom. The van der Waals surface area contributed by atoms with Crippen LogP contribution in [0.4, 0.5) is 4.79 Å². The Bertz CT molecular complexity index is 906. The van der Waals surface area contributed by atoms with E-state index in [4.69, 9.17) is 9.47 Å². The molecule has 7 nitrogen and oxygen atoms in total. The van der Waals surface area contributed by atoms with Crippen LogP contribution in [-0.2, 0) is 27.4 Å². The van der Waals surface area contributed by atoms with Crippen molar-refractivity contribution in [1.82, 2.24) is 10.6 Å². The number of hydrogen-bond donors (Lipinski definition) is 2. The van der Waals surface area contributed by atoms with Crippen LogP contribution in [0.3, 0.4) is 0 Å². The van der Waals surface area contributed by atoms with Gasteiger partial charge in [0.15, 0.2) is 5.60 Å². The minimum atomic E-state index is -1.27. The lowest BCUT2D eigenvalue weighted by Gasteiger charge is -2.35. The van der Waals surface area contributed by atoms with Crippen LogP contribution in [0.5, 0.6) is 0 Å². The van der Waals surface area contributed by atoms with Gasteiger partial charge >= 0.3 is 6.09 Å². The van der Waals surface area contributed by atoms with Gasteiger partial charge in [0.2, 0.25) is 0 Å². The van der Waals surface area contributed by atoms with Gasteiger partial charge in [-0.05, 0) is 36.8 Å². The summed E-state index contributed by atoms with van der Waals surface area (Å²) in [5.74, 6) is -0.443. The molecule has 1 aliphatic rings. The second-order valence-electron chi connectivity index (χ2n) is 7.94. The number of alkyl carbamates (subject to hydrolysis) is 1. The van der Waals surface area contributed by atoms with Gasteiger partial charge < -0.3 is 20.1 Å².